The number of nitrogens with one attached hydrogen (secondary N) is 1. The molecule has 1 amide bonds. The Bertz CT molecular complexity index is 1250. The minimum absolute atomic E-state index is 0.0500. The van der Waals surface area contributed by atoms with E-state index >= 15 is 4.39 Å². The number of amides is 1. The van der Waals surface area contributed by atoms with Crippen LogP contribution in [0.2, 0.25) is 5.02 Å². The number of aryl methyl sites for hydroxylation is 1. The van der Waals surface area contributed by atoms with Crippen LogP contribution in [0.5, 0.6) is 5.75 Å². The Labute approximate surface area is 201 Å². The molecule has 0 aliphatic carbocycles. The van der Waals surface area contributed by atoms with Crippen molar-refractivity contribution in [1.29, 1.82) is 0 Å². The highest BCUT2D eigenvalue weighted by atomic mass is 35.5. The van der Waals surface area contributed by atoms with Crippen LogP contribution in [0.25, 0.3) is 11.4 Å². The molecule has 1 atom stereocenters. The highest BCUT2D eigenvalue weighted by Crippen LogP contribution is 2.34. The van der Waals surface area contributed by atoms with Crippen LogP contribution in [0.1, 0.15) is 37.0 Å². The highest BCUT2D eigenvalue weighted by Gasteiger charge is 2.39. The number of carbonyl (C=O) groups excluding carboxylic acids is 1. The summed E-state index contributed by atoms with van der Waals surface area (Å²) >= 11 is 5.89. The van der Waals surface area contributed by atoms with Crippen LogP contribution in [-0.2, 0) is 12.6 Å². The normalized spacial score (nSPS) is 13.0. The highest BCUT2D eigenvalue weighted by molar-refractivity contribution is 6.34. The molecule has 13 heteroatoms. The third kappa shape index (κ3) is 5.70. The molecule has 2 aromatic carbocycles. The SMILES string of the molecule is C[C@H](Oc1cc(-c2nc(C(C)(C)O)n(C)n2)c(F)cc1C(=O)Nc1c(F)cccc1Cl)C(F)(F)F. The smallest absolute Gasteiger partial charge is 0.425 e. The molecule has 0 saturated carbocycles. The topological polar surface area (TPSA) is 89.3 Å². The average Bonchev–Trinajstić information content (AvgIpc) is 3.12. The number of hydrogen-bond donors (Lipinski definition) is 2. The van der Waals surface area contributed by atoms with Crippen molar-refractivity contribution in [3.05, 3.63) is 58.4 Å². The van der Waals surface area contributed by atoms with Crippen molar-refractivity contribution in [1.82, 2.24) is 14.8 Å². The van der Waals surface area contributed by atoms with Gasteiger partial charge in [0.2, 0.25) is 0 Å². The van der Waals surface area contributed by atoms with Gasteiger partial charge in [0.1, 0.15) is 23.0 Å². The lowest BCUT2D eigenvalue weighted by Gasteiger charge is -2.20. The molecular formula is C22H20ClF5N4O3. The van der Waals surface area contributed by atoms with Gasteiger partial charge < -0.3 is 15.2 Å². The lowest BCUT2D eigenvalue weighted by atomic mass is 10.1. The third-order valence-corrected chi connectivity index (χ3v) is 5.15. The number of ether oxygens (including phenoxy) is 1. The quantitative estimate of drug-likeness (QED) is 0.437. The fraction of sp³-hybridized carbons (Fsp3) is 0.318. The van der Waals surface area contributed by atoms with E-state index in [0.717, 1.165) is 12.1 Å². The van der Waals surface area contributed by atoms with E-state index in [1.165, 1.54) is 37.7 Å². The van der Waals surface area contributed by atoms with E-state index in [0.29, 0.717) is 13.0 Å². The Morgan fingerprint density at radius 2 is 1.86 bits per heavy atom. The number of alkyl halides is 3. The maximum atomic E-state index is 15.1. The molecule has 1 aromatic heterocycles. The van der Waals surface area contributed by atoms with Crippen LogP contribution in [0.3, 0.4) is 0 Å². The minimum Gasteiger partial charge on any atom is -0.480 e. The zero-order valence-electron chi connectivity index (χ0n) is 18.8. The van der Waals surface area contributed by atoms with Gasteiger partial charge in [-0.2, -0.15) is 18.3 Å². The molecule has 7 nitrogen and oxygen atoms in total. The van der Waals surface area contributed by atoms with Crippen LogP contribution >= 0.6 is 11.6 Å². The number of halogens is 6. The molecule has 35 heavy (non-hydrogen) atoms. The fourth-order valence-corrected chi connectivity index (χ4v) is 3.30. The number of benzene rings is 2. The Kier molecular flexibility index (Phi) is 7.09. The summed E-state index contributed by atoms with van der Waals surface area (Å²) in [5.41, 5.74) is -2.94. The van der Waals surface area contributed by atoms with Crippen LogP contribution in [0.15, 0.2) is 30.3 Å². The van der Waals surface area contributed by atoms with Gasteiger partial charge in [0.15, 0.2) is 17.8 Å². The molecule has 188 valence electrons. The summed E-state index contributed by atoms with van der Waals surface area (Å²) in [6.07, 6.45) is -7.19. The van der Waals surface area contributed by atoms with Crippen molar-refractivity contribution in [2.45, 2.75) is 38.7 Å². The average molecular weight is 519 g/mol. The molecule has 2 N–H and O–H groups in total. The molecule has 0 aliphatic rings. The second kappa shape index (κ2) is 9.42. The Morgan fingerprint density at radius 1 is 1.20 bits per heavy atom. The van der Waals surface area contributed by atoms with Crippen molar-refractivity contribution < 1.29 is 36.6 Å². The molecule has 1 heterocycles. The van der Waals surface area contributed by atoms with Gasteiger partial charge in [-0.25, -0.2) is 18.4 Å². The maximum absolute atomic E-state index is 15.1. The van der Waals surface area contributed by atoms with Crippen molar-refractivity contribution in [2.75, 3.05) is 5.32 Å². The van der Waals surface area contributed by atoms with E-state index in [9.17, 15) is 27.5 Å². The number of hydrogen-bond acceptors (Lipinski definition) is 5. The summed E-state index contributed by atoms with van der Waals surface area (Å²) < 4.78 is 74.9. The molecular weight excluding hydrogens is 499 g/mol. The number of para-hydroxylation sites is 1. The van der Waals surface area contributed by atoms with Crippen molar-refractivity contribution in [2.24, 2.45) is 7.05 Å². The molecule has 0 radical (unpaired) electrons. The number of aromatic nitrogens is 3. The zero-order valence-corrected chi connectivity index (χ0v) is 19.6. The largest absolute Gasteiger partial charge is 0.480 e. The van der Waals surface area contributed by atoms with Gasteiger partial charge in [0.05, 0.1) is 21.8 Å². The first-order valence-corrected chi connectivity index (χ1v) is 10.4. The van der Waals surface area contributed by atoms with Gasteiger partial charge in [0, 0.05) is 7.05 Å². The zero-order chi connectivity index (χ0) is 26.3. The van der Waals surface area contributed by atoms with E-state index < -0.39 is 52.4 Å². The summed E-state index contributed by atoms with van der Waals surface area (Å²) in [6.45, 7) is 3.53. The third-order valence-electron chi connectivity index (χ3n) is 4.83. The van der Waals surface area contributed by atoms with E-state index in [1.807, 2.05) is 0 Å². The first kappa shape index (κ1) is 26.4. The monoisotopic (exact) mass is 518 g/mol. The van der Waals surface area contributed by atoms with Crippen LogP contribution in [0.4, 0.5) is 27.6 Å². The number of anilines is 1. The lowest BCUT2D eigenvalue weighted by Crippen LogP contribution is -2.32. The van der Waals surface area contributed by atoms with Crippen molar-refractivity contribution >= 4 is 23.2 Å². The van der Waals surface area contributed by atoms with E-state index in [4.69, 9.17) is 16.3 Å². The van der Waals surface area contributed by atoms with Gasteiger partial charge in [0.25, 0.3) is 5.91 Å². The van der Waals surface area contributed by atoms with E-state index in [2.05, 4.69) is 15.4 Å². The molecule has 0 spiro atoms. The van der Waals surface area contributed by atoms with E-state index in [-0.39, 0.29) is 22.2 Å². The number of carbonyl (C=O) groups is 1. The van der Waals surface area contributed by atoms with Gasteiger partial charge in [-0.1, -0.05) is 17.7 Å². The van der Waals surface area contributed by atoms with Gasteiger partial charge in [-0.15, -0.1) is 0 Å². The van der Waals surface area contributed by atoms with Crippen molar-refractivity contribution in [3.8, 4) is 17.1 Å². The number of nitrogens with zero attached hydrogens (tertiary/aromatic N) is 3. The van der Waals surface area contributed by atoms with Crippen molar-refractivity contribution in [3.63, 3.8) is 0 Å². The van der Waals surface area contributed by atoms with Crippen LogP contribution in [0, 0.1) is 11.6 Å². The first-order valence-electron chi connectivity index (χ1n) is 10.1. The molecule has 0 saturated heterocycles. The predicted octanol–water partition coefficient (Wildman–Crippen LogP) is 5.22. The number of rotatable bonds is 6. The van der Waals surface area contributed by atoms with Gasteiger partial charge >= 0.3 is 6.18 Å². The summed E-state index contributed by atoms with van der Waals surface area (Å²) in [5.74, 6) is -4.03. The minimum atomic E-state index is -4.81. The second-order valence-electron chi connectivity index (χ2n) is 8.12. The summed E-state index contributed by atoms with van der Waals surface area (Å²) in [5, 5.41) is 16.1. The van der Waals surface area contributed by atoms with Crippen LogP contribution < -0.4 is 10.1 Å². The number of aliphatic hydroxyl groups is 1. The Hall–Kier alpha value is -3.25. The summed E-state index contributed by atoms with van der Waals surface area (Å²) in [7, 11) is 1.44. The Balaban J connectivity index is 2.12. The molecule has 3 aromatic rings. The molecule has 0 unspecified atom stereocenters. The van der Waals surface area contributed by atoms with Gasteiger partial charge in [-0.3, -0.25) is 4.79 Å². The van der Waals surface area contributed by atoms with Crippen LogP contribution in [-0.4, -0.2) is 38.1 Å². The summed E-state index contributed by atoms with van der Waals surface area (Å²) in [6, 6.07) is 5.02. The maximum Gasteiger partial charge on any atom is 0.425 e. The molecule has 0 aliphatic heterocycles. The first-order chi connectivity index (χ1) is 16.1. The van der Waals surface area contributed by atoms with Gasteiger partial charge in [-0.05, 0) is 45.0 Å². The standard InChI is InChI=1S/C22H20ClF5N4O3/c1-10(22(26,27)28)35-16-9-11(18-30-20(21(2,3)34)32(4)31-18)15(25)8-12(16)19(33)29-17-13(23)6-5-7-14(17)24/h5-10,34H,1-4H3,(H,29,33)/t10-/m0/s1. The molecule has 0 bridgehead atoms. The second-order valence-corrected chi connectivity index (χ2v) is 8.53. The predicted molar refractivity (Wildman–Crippen MR) is 117 cm³/mol. The fourth-order valence-electron chi connectivity index (χ4n) is 3.09. The van der Waals surface area contributed by atoms with E-state index in [1.54, 1.807) is 0 Å². The Morgan fingerprint density at radius 3 is 2.40 bits per heavy atom. The summed E-state index contributed by atoms with van der Waals surface area (Å²) in [4.78, 5) is 16.9. The molecule has 0 fully saturated rings. The molecule has 3 rings (SSSR count). The lowest BCUT2D eigenvalue weighted by molar-refractivity contribution is -0.189.